The maximum Gasteiger partial charge on any atom is 0.192 e. The predicted octanol–water partition coefficient (Wildman–Crippen LogP) is 2.75. The summed E-state index contributed by atoms with van der Waals surface area (Å²) >= 11 is 0. The van der Waals surface area contributed by atoms with Crippen molar-refractivity contribution >= 4 is 29.9 Å². The van der Waals surface area contributed by atoms with Crippen LogP contribution in [0.5, 0.6) is 0 Å². The van der Waals surface area contributed by atoms with Crippen LogP contribution in [0.3, 0.4) is 0 Å². The number of hydrogen-bond acceptors (Lipinski definition) is 5. The minimum Gasteiger partial charge on any atom is -0.376 e. The Morgan fingerprint density at radius 1 is 1.10 bits per heavy atom. The number of nitrogens with one attached hydrogen (secondary N) is 2. The van der Waals surface area contributed by atoms with E-state index < -0.39 is 0 Å². The Balaban J connectivity index is 0.00000272. The quantitative estimate of drug-likeness (QED) is 0.325. The first-order valence-corrected chi connectivity index (χ1v) is 11.9. The van der Waals surface area contributed by atoms with Crippen LogP contribution in [0.4, 0.5) is 0 Å². The molecule has 0 aromatic carbocycles. The van der Waals surface area contributed by atoms with E-state index in [-0.39, 0.29) is 24.0 Å². The fourth-order valence-electron chi connectivity index (χ4n) is 5.00. The number of aryl methyl sites for hydroxylation is 1. The minimum atomic E-state index is 0. The zero-order chi connectivity index (χ0) is 20.8. The summed E-state index contributed by atoms with van der Waals surface area (Å²) in [4.78, 5) is 7.58. The number of rotatable bonds is 6. The molecule has 3 aliphatic rings. The molecule has 2 unspecified atom stereocenters. The zero-order valence-electron chi connectivity index (χ0n) is 19.2. The van der Waals surface area contributed by atoms with Crippen molar-refractivity contribution in [3.8, 4) is 0 Å². The van der Waals surface area contributed by atoms with Crippen molar-refractivity contribution in [2.24, 2.45) is 12.0 Å². The number of aromatic nitrogens is 3. The fraction of sp³-hybridized carbons (Fsp3) is 0.864. The second-order valence-electron chi connectivity index (χ2n) is 9.17. The average molecular weight is 546 g/mol. The van der Waals surface area contributed by atoms with Crippen LogP contribution in [-0.2, 0) is 18.3 Å². The summed E-state index contributed by atoms with van der Waals surface area (Å²) in [7, 11) is 2.00. The molecule has 1 aromatic heterocycles. The Hall–Kier alpha value is -0.940. The molecule has 0 spiro atoms. The van der Waals surface area contributed by atoms with Gasteiger partial charge in [0.2, 0.25) is 0 Å². The summed E-state index contributed by atoms with van der Waals surface area (Å²) in [5.41, 5.74) is 0. The highest BCUT2D eigenvalue weighted by Gasteiger charge is 2.27. The van der Waals surface area contributed by atoms with Gasteiger partial charge in [0, 0.05) is 38.8 Å². The van der Waals surface area contributed by atoms with E-state index in [1.54, 1.807) is 0 Å². The Kier molecular flexibility index (Phi) is 9.83. The van der Waals surface area contributed by atoms with Crippen LogP contribution in [0.25, 0.3) is 0 Å². The van der Waals surface area contributed by atoms with Crippen LogP contribution in [0.15, 0.2) is 4.99 Å². The number of ether oxygens (including phenoxy) is 1. The van der Waals surface area contributed by atoms with Crippen molar-refractivity contribution in [1.82, 2.24) is 30.3 Å². The highest BCUT2D eigenvalue weighted by molar-refractivity contribution is 14.0. The van der Waals surface area contributed by atoms with E-state index in [1.807, 2.05) is 18.5 Å². The Bertz CT molecular complexity index is 698. The number of aliphatic imine (C=N–C) groups is 1. The molecule has 0 radical (unpaired) electrons. The lowest BCUT2D eigenvalue weighted by Crippen LogP contribution is -2.54. The SMILES string of the molecule is Cc1nnc(CN=C(NCC2CCCO2)NC2CCCN(C3CCCCC3)C2)n1C.I. The van der Waals surface area contributed by atoms with Crippen molar-refractivity contribution in [1.29, 1.82) is 0 Å². The average Bonchev–Trinajstić information content (AvgIpc) is 3.41. The summed E-state index contributed by atoms with van der Waals surface area (Å²) in [6, 6.07) is 1.22. The molecule has 2 N–H and O–H groups in total. The molecule has 3 fully saturated rings. The van der Waals surface area contributed by atoms with Crippen LogP contribution in [0, 0.1) is 6.92 Å². The van der Waals surface area contributed by atoms with Crippen LogP contribution in [0.2, 0.25) is 0 Å². The number of piperidine rings is 1. The molecule has 8 nitrogen and oxygen atoms in total. The first-order chi connectivity index (χ1) is 14.7. The molecule has 1 saturated carbocycles. The highest BCUT2D eigenvalue weighted by atomic mass is 127. The second-order valence-corrected chi connectivity index (χ2v) is 9.17. The molecule has 31 heavy (non-hydrogen) atoms. The molecule has 2 aliphatic heterocycles. The lowest BCUT2D eigenvalue weighted by Gasteiger charge is -2.40. The maximum atomic E-state index is 5.79. The van der Waals surface area contributed by atoms with E-state index >= 15 is 0 Å². The summed E-state index contributed by atoms with van der Waals surface area (Å²) < 4.78 is 7.80. The fourth-order valence-corrected chi connectivity index (χ4v) is 5.00. The molecular formula is C22H40IN7O. The highest BCUT2D eigenvalue weighted by Crippen LogP contribution is 2.25. The summed E-state index contributed by atoms with van der Waals surface area (Å²) in [5, 5.41) is 15.7. The van der Waals surface area contributed by atoms with E-state index in [1.165, 1.54) is 51.5 Å². The van der Waals surface area contributed by atoms with E-state index in [4.69, 9.17) is 9.73 Å². The number of hydrogen-bond donors (Lipinski definition) is 2. The van der Waals surface area contributed by atoms with Crippen LogP contribution in [-0.4, -0.2) is 70.1 Å². The van der Waals surface area contributed by atoms with E-state index in [2.05, 4.69) is 25.7 Å². The van der Waals surface area contributed by atoms with Crippen molar-refractivity contribution < 1.29 is 4.74 Å². The van der Waals surface area contributed by atoms with Gasteiger partial charge in [-0.15, -0.1) is 34.2 Å². The molecule has 176 valence electrons. The summed E-state index contributed by atoms with van der Waals surface area (Å²) in [6.07, 6.45) is 12.0. The van der Waals surface area contributed by atoms with E-state index in [0.717, 1.165) is 56.2 Å². The third kappa shape index (κ3) is 7.02. The molecule has 9 heteroatoms. The Morgan fingerprint density at radius 2 is 1.94 bits per heavy atom. The number of guanidine groups is 1. The first kappa shape index (κ1) is 24.7. The summed E-state index contributed by atoms with van der Waals surface area (Å²) in [5.74, 6) is 2.68. The van der Waals surface area contributed by atoms with Crippen LogP contribution >= 0.6 is 24.0 Å². The van der Waals surface area contributed by atoms with Crippen LogP contribution < -0.4 is 10.6 Å². The van der Waals surface area contributed by atoms with Gasteiger partial charge < -0.3 is 19.9 Å². The first-order valence-electron chi connectivity index (χ1n) is 11.9. The van der Waals surface area contributed by atoms with Gasteiger partial charge in [-0.3, -0.25) is 4.90 Å². The van der Waals surface area contributed by atoms with Crippen molar-refractivity contribution in [2.45, 2.75) is 89.4 Å². The standard InChI is InChI=1S/C22H39N7O.HI/c1-17-26-27-21(28(17)2)15-24-22(23-14-20-11-7-13-30-20)25-18-8-6-12-29(16-18)19-9-4-3-5-10-19;/h18-20H,3-16H2,1-2H3,(H2,23,24,25);1H. The molecule has 1 aromatic rings. The normalized spacial score (nSPS) is 25.9. The van der Waals surface area contributed by atoms with Gasteiger partial charge in [-0.2, -0.15) is 0 Å². The number of nitrogens with zero attached hydrogens (tertiary/aromatic N) is 5. The molecule has 2 saturated heterocycles. The Morgan fingerprint density at radius 3 is 2.65 bits per heavy atom. The van der Waals surface area contributed by atoms with Gasteiger partial charge in [-0.1, -0.05) is 19.3 Å². The second kappa shape index (κ2) is 12.3. The molecule has 0 bridgehead atoms. The minimum absolute atomic E-state index is 0. The molecular weight excluding hydrogens is 505 g/mol. The Labute approximate surface area is 204 Å². The zero-order valence-corrected chi connectivity index (χ0v) is 21.5. The van der Waals surface area contributed by atoms with Gasteiger partial charge in [0.15, 0.2) is 11.8 Å². The molecule has 4 rings (SSSR count). The summed E-state index contributed by atoms with van der Waals surface area (Å²) in [6.45, 7) is 6.55. The topological polar surface area (TPSA) is 79.6 Å². The van der Waals surface area contributed by atoms with Crippen molar-refractivity contribution in [3.05, 3.63) is 11.6 Å². The molecule has 0 amide bonds. The third-order valence-electron chi connectivity index (χ3n) is 6.97. The predicted molar refractivity (Wildman–Crippen MR) is 134 cm³/mol. The molecule has 1 aliphatic carbocycles. The smallest absolute Gasteiger partial charge is 0.192 e. The van der Waals surface area contributed by atoms with E-state index in [0.29, 0.717) is 18.7 Å². The van der Waals surface area contributed by atoms with Crippen molar-refractivity contribution in [2.75, 3.05) is 26.2 Å². The number of likely N-dealkylation sites (tertiary alicyclic amines) is 1. The van der Waals surface area contributed by atoms with Crippen LogP contribution in [0.1, 0.15) is 69.4 Å². The lowest BCUT2D eigenvalue weighted by atomic mass is 9.92. The van der Waals surface area contributed by atoms with Gasteiger partial charge in [-0.25, -0.2) is 4.99 Å². The molecule has 3 heterocycles. The van der Waals surface area contributed by atoms with Gasteiger partial charge >= 0.3 is 0 Å². The monoisotopic (exact) mass is 545 g/mol. The molecule has 2 atom stereocenters. The van der Waals surface area contributed by atoms with Gasteiger partial charge in [-0.05, 0) is 52.0 Å². The van der Waals surface area contributed by atoms with Crippen molar-refractivity contribution in [3.63, 3.8) is 0 Å². The van der Waals surface area contributed by atoms with Gasteiger partial charge in [0.1, 0.15) is 12.4 Å². The largest absolute Gasteiger partial charge is 0.376 e. The maximum absolute atomic E-state index is 5.79. The number of halogens is 1. The van der Waals surface area contributed by atoms with E-state index in [9.17, 15) is 0 Å². The van der Waals surface area contributed by atoms with Gasteiger partial charge in [0.05, 0.1) is 6.10 Å². The third-order valence-corrected chi connectivity index (χ3v) is 6.97. The lowest BCUT2D eigenvalue weighted by molar-refractivity contribution is 0.111. The van der Waals surface area contributed by atoms with Gasteiger partial charge in [0.25, 0.3) is 0 Å².